The van der Waals surface area contributed by atoms with Gasteiger partial charge >= 0.3 is 5.97 Å². The number of aromatic nitrogens is 2. The van der Waals surface area contributed by atoms with Crippen LogP contribution in [0.1, 0.15) is 25.2 Å². The van der Waals surface area contributed by atoms with Crippen LogP contribution in [0.5, 0.6) is 0 Å². The molecule has 1 rings (SSSR count). The van der Waals surface area contributed by atoms with Crippen molar-refractivity contribution >= 4 is 40.2 Å². The molecule has 0 fully saturated rings. The van der Waals surface area contributed by atoms with Gasteiger partial charge in [0.2, 0.25) is 0 Å². The van der Waals surface area contributed by atoms with Crippen molar-refractivity contribution in [3.05, 3.63) is 16.4 Å². The third kappa shape index (κ3) is 4.32. The molecule has 7 heteroatoms. The molecule has 0 amide bonds. The van der Waals surface area contributed by atoms with Gasteiger partial charge in [-0.1, -0.05) is 41.1 Å². The number of rotatable bonds is 7. The average Bonchev–Trinajstić information content (AvgIpc) is 2.74. The highest BCUT2D eigenvalue weighted by Crippen LogP contribution is 2.21. The van der Waals surface area contributed by atoms with E-state index in [1.807, 2.05) is 18.5 Å². The molecule has 0 aliphatic carbocycles. The SMILES string of the molecule is CCc1nn(CC)c(CNCC(I)C(=O)OC)c1Cl. The Kier molecular flexibility index (Phi) is 7.09. The number of carbonyl (C=O) groups is 1. The molecule has 0 radical (unpaired) electrons. The zero-order valence-electron chi connectivity index (χ0n) is 11.4. The molecular weight excluding hydrogens is 381 g/mol. The molecule has 1 aromatic heterocycles. The molecule has 1 N–H and O–H groups in total. The van der Waals surface area contributed by atoms with Crippen molar-refractivity contribution < 1.29 is 9.53 Å². The summed E-state index contributed by atoms with van der Waals surface area (Å²) >= 11 is 8.35. The summed E-state index contributed by atoms with van der Waals surface area (Å²) in [6.45, 7) is 5.98. The average molecular weight is 400 g/mol. The zero-order chi connectivity index (χ0) is 14.4. The maximum Gasteiger partial charge on any atom is 0.319 e. The van der Waals surface area contributed by atoms with Gasteiger partial charge in [-0.25, -0.2) is 0 Å². The van der Waals surface area contributed by atoms with Crippen LogP contribution in [0.3, 0.4) is 0 Å². The fourth-order valence-corrected chi connectivity index (χ4v) is 2.62. The summed E-state index contributed by atoms with van der Waals surface area (Å²) in [5, 5.41) is 8.39. The summed E-state index contributed by atoms with van der Waals surface area (Å²) in [4.78, 5) is 11.3. The summed E-state index contributed by atoms with van der Waals surface area (Å²) in [5.74, 6) is -0.225. The predicted molar refractivity (Wildman–Crippen MR) is 83.8 cm³/mol. The highest BCUT2D eigenvalue weighted by Gasteiger charge is 2.17. The molecule has 0 spiro atoms. The highest BCUT2D eigenvalue weighted by atomic mass is 127. The van der Waals surface area contributed by atoms with E-state index in [1.165, 1.54) is 7.11 Å². The van der Waals surface area contributed by atoms with E-state index in [9.17, 15) is 4.79 Å². The second-order valence-electron chi connectivity index (χ2n) is 4.00. The standard InChI is InChI=1S/C12H19ClIN3O2/c1-4-9-11(13)10(17(5-2)16-9)7-15-6-8(14)12(18)19-3/h8,15H,4-7H2,1-3H3. The number of nitrogens with zero attached hydrogens (tertiary/aromatic N) is 2. The Morgan fingerprint density at radius 2 is 2.26 bits per heavy atom. The van der Waals surface area contributed by atoms with Gasteiger partial charge in [0.1, 0.15) is 3.92 Å². The molecule has 1 heterocycles. The molecule has 0 aliphatic heterocycles. The first kappa shape index (κ1) is 16.7. The van der Waals surface area contributed by atoms with Gasteiger partial charge in [-0.05, 0) is 13.3 Å². The third-order valence-electron chi connectivity index (χ3n) is 2.77. The Labute approximate surface area is 132 Å². The van der Waals surface area contributed by atoms with Crippen LogP contribution in [0.25, 0.3) is 0 Å². The van der Waals surface area contributed by atoms with Crippen LogP contribution in [-0.4, -0.2) is 33.3 Å². The number of halogens is 2. The Hall–Kier alpha value is -0.340. The highest BCUT2D eigenvalue weighted by molar-refractivity contribution is 14.1. The monoisotopic (exact) mass is 399 g/mol. The van der Waals surface area contributed by atoms with Gasteiger partial charge in [0, 0.05) is 19.6 Å². The number of methoxy groups -OCH3 is 1. The minimum absolute atomic E-state index is 0.204. The van der Waals surface area contributed by atoms with Crippen LogP contribution in [0.2, 0.25) is 5.02 Å². The van der Waals surface area contributed by atoms with Crippen molar-refractivity contribution in [2.24, 2.45) is 0 Å². The van der Waals surface area contributed by atoms with Crippen LogP contribution in [0, 0.1) is 0 Å². The lowest BCUT2D eigenvalue weighted by atomic mass is 10.3. The first-order valence-electron chi connectivity index (χ1n) is 6.21. The van der Waals surface area contributed by atoms with Crippen molar-refractivity contribution in [1.29, 1.82) is 0 Å². The van der Waals surface area contributed by atoms with E-state index >= 15 is 0 Å². The first-order chi connectivity index (χ1) is 9.04. The molecule has 0 aromatic carbocycles. The number of esters is 1. The Balaban J connectivity index is 2.62. The minimum atomic E-state index is -0.225. The molecule has 108 valence electrons. The Morgan fingerprint density at radius 3 is 2.79 bits per heavy atom. The second-order valence-corrected chi connectivity index (χ2v) is 5.88. The summed E-state index contributed by atoms with van der Waals surface area (Å²) in [6, 6.07) is 0. The van der Waals surface area contributed by atoms with Crippen molar-refractivity contribution in [3.63, 3.8) is 0 Å². The maximum absolute atomic E-state index is 11.3. The molecule has 0 saturated carbocycles. The first-order valence-corrected chi connectivity index (χ1v) is 7.84. The van der Waals surface area contributed by atoms with Crippen LogP contribution in [0.4, 0.5) is 0 Å². The molecule has 5 nitrogen and oxygen atoms in total. The summed E-state index contributed by atoms with van der Waals surface area (Å²) in [5.41, 5.74) is 1.88. The third-order valence-corrected chi connectivity index (χ3v) is 4.15. The minimum Gasteiger partial charge on any atom is -0.468 e. The molecule has 1 unspecified atom stereocenters. The molecule has 19 heavy (non-hydrogen) atoms. The molecule has 0 aliphatic rings. The number of nitrogens with one attached hydrogen (secondary N) is 1. The zero-order valence-corrected chi connectivity index (χ0v) is 14.3. The van der Waals surface area contributed by atoms with E-state index in [0.717, 1.165) is 29.4 Å². The van der Waals surface area contributed by atoms with Crippen molar-refractivity contribution in [2.75, 3.05) is 13.7 Å². The van der Waals surface area contributed by atoms with Gasteiger partial charge in [0.25, 0.3) is 0 Å². The Morgan fingerprint density at radius 1 is 1.58 bits per heavy atom. The topological polar surface area (TPSA) is 56.2 Å². The van der Waals surface area contributed by atoms with E-state index in [2.05, 4.69) is 37.7 Å². The number of carbonyl (C=O) groups excluding carboxylic acids is 1. The van der Waals surface area contributed by atoms with Crippen LogP contribution >= 0.6 is 34.2 Å². The van der Waals surface area contributed by atoms with E-state index in [4.69, 9.17) is 11.6 Å². The van der Waals surface area contributed by atoms with Crippen LogP contribution in [0.15, 0.2) is 0 Å². The van der Waals surface area contributed by atoms with Gasteiger partial charge in [0.05, 0.1) is 23.5 Å². The lowest BCUT2D eigenvalue weighted by molar-refractivity contribution is -0.139. The van der Waals surface area contributed by atoms with Crippen molar-refractivity contribution in [1.82, 2.24) is 15.1 Å². The molecule has 0 saturated heterocycles. The van der Waals surface area contributed by atoms with Crippen molar-refractivity contribution in [2.45, 2.75) is 37.3 Å². The van der Waals surface area contributed by atoms with Gasteiger partial charge in [-0.15, -0.1) is 0 Å². The van der Waals surface area contributed by atoms with E-state index < -0.39 is 0 Å². The fraction of sp³-hybridized carbons (Fsp3) is 0.667. The van der Waals surface area contributed by atoms with Crippen LogP contribution < -0.4 is 5.32 Å². The quantitative estimate of drug-likeness (QED) is 0.434. The van der Waals surface area contributed by atoms with E-state index in [1.54, 1.807) is 0 Å². The predicted octanol–water partition coefficient (Wildman–Crippen LogP) is 2.18. The number of aryl methyl sites for hydroxylation is 2. The van der Waals surface area contributed by atoms with Gasteiger partial charge in [0.15, 0.2) is 0 Å². The molecule has 1 atom stereocenters. The summed E-state index contributed by atoms with van der Waals surface area (Å²) in [7, 11) is 1.39. The number of hydrogen-bond acceptors (Lipinski definition) is 4. The van der Waals surface area contributed by atoms with E-state index in [0.29, 0.717) is 13.1 Å². The number of hydrogen-bond donors (Lipinski definition) is 1. The lowest BCUT2D eigenvalue weighted by Crippen LogP contribution is -2.30. The molecular formula is C12H19ClIN3O2. The lowest BCUT2D eigenvalue weighted by Gasteiger charge is -2.10. The molecule has 0 bridgehead atoms. The summed E-state index contributed by atoms with van der Waals surface area (Å²) in [6.07, 6.45) is 0.815. The largest absolute Gasteiger partial charge is 0.468 e. The fourth-order valence-electron chi connectivity index (χ4n) is 1.71. The second kappa shape index (κ2) is 8.06. The van der Waals surface area contributed by atoms with Crippen LogP contribution in [-0.2, 0) is 29.0 Å². The van der Waals surface area contributed by atoms with E-state index in [-0.39, 0.29) is 9.89 Å². The van der Waals surface area contributed by atoms with Gasteiger partial charge in [-0.3, -0.25) is 9.48 Å². The Bertz CT molecular complexity index is 437. The summed E-state index contributed by atoms with van der Waals surface area (Å²) < 4.78 is 6.37. The smallest absolute Gasteiger partial charge is 0.319 e. The normalized spacial score (nSPS) is 12.5. The molecule has 1 aromatic rings. The van der Waals surface area contributed by atoms with Crippen molar-refractivity contribution in [3.8, 4) is 0 Å². The maximum atomic E-state index is 11.3. The number of ether oxygens (including phenoxy) is 1. The number of alkyl halides is 1. The van der Waals surface area contributed by atoms with Gasteiger partial charge < -0.3 is 10.1 Å². The van der Waals surface area contributed by atoms with Gasteiger partial charge in [-0.2, -0.15) is 5.10 Å².